The molecule has 0 aromatic heterocycles. The molecule has 15 heavy (non-hydrogen) atoms. The van der Waals surface area contributed by atoms with Gasteiger partial charge in [-0.15, -0.1) is 0 Å². The van der Waals surface area contributed by atoms with Crippen LogP contribution in [0.5, 0.6) is 0 Å². The average Bonchev–Trinajstić information content (AvgIpc) is 2.16. The fourth-order valence-corrected chi connectivity index (χ4v) is 2.07. The minimum absolute atomic E-state index is 0.218. The first-order chi connectivity index (χ1) is 7.16. The van der Waals surface area contributed by atoms with E-state index in [2.05, 4.69) is 13.8 Å². The molecule has 82 valence electrons. The van der Waals surface area contributed by atoms with Crippen molar-refractivity contribution >= 4 is 11.6 Å². The van der Waals surface area contributed by atoms with Gasteiger partial charge in [0, 0.05) is 10.6 Å². The van der Waals surface area contributed by atoms with Gasteiger partial charge in [0.25, 0.3) is 0 Å². The maximum absolute atomic E-state index is 6.09. The molecule has 1 aliphatic rings. The smallest absolute Gasteiger partial charge is 0.185 e. The third-order valence-electron chi connectivity index (χ3n) is 2.53. The molecule has 0 amide bonds. The van der Waals surface area contributed by atoms with E-state index >= 15 is 0 Å². The van der Waals surface area contributed by atoms with Crippen molar-refractivity contribution in [2.75, 3.05) is 0 Å². The first-order valence-corrected chi connectivity index (χ1v) is 5.60. The minimum Gasteiger partial charge on any atom is -0.345 e. The Morgan fingerprint density at radius 2 is 1.73 bits per heavy atom. The molecule has 2 unspecified atom stereocenters. The number of rotatable bonds is 1. The maximum atomic E-state index is 6.09. The fourth-order valence-electron chi connectivity index (χ4n) is 1.85. The standard InChI is InChI=1S/C12H15ClO2/c1-8-7-9(2)15-12(14-8)10-5-3-4-6-11(10)13/h3-6,8-9,12H,7H2,1-2H3. The van der Waals surface area contributed by atoms with Crippen LogP contribution in [0.15, 0.2) is 24.3 Å². The molecule has 0 radical (unpaired) electrons. The van der Waals surface area contributed by atoms with Gasteiger partial charge in [0.15, 0.2) is 6.29 Å². The Morgan fingerprint density at radius 1 is 1.13 bits per heavy atom. The third-order valence-corrected chi connectivity index (χ3v) is 2.88. The van der Waals surface area contributed by atoms with Crippen LogP contribution in [0.2, 0.25) is 5.02 Å². The zero-order chi connectivity index (χ0) is 10.8. The lowest BCUT2D eigenvalue weighted by molar-refractivity contribution is -0.239. The van der Waals surface area contributed by atoms with E-state index in [4.69, 9.17) is 21.1 Å². The zero-order valence-corrected chi connectivity index (χ0v) is 9.70. The molecule has 0 aliphatic carbocycles. The predicted octanol–water partition coefficient (Wildman–Crippen LogP) is 3.55. The Kier molecular flexibility index (Phi) is 3.29. The maximum Gasteiger partial charge on any atom is 0.185 e. The van der Waals surface area contributed by atoms with Crippen LogP contribution >= 0.6 is 11.6 Å². The Hall–Kier alpha value is -0.570. The topological polar surface area (TPSA) is 18.5 Å². The van der Waals surface area contributed by atoms with E-state index in [-0.39, 0.29) is 18.5 Å². The normalized spacial score (nSPS) is 31.5. The molecule has 0 bridgehead atoms. The molecule has 0 N–H and O–H groups in total. The van der Waals surface area contributed by atoms with E-state index in [0.717, 1.165) is 12.0 Å². The fraction of sp³-hybridized carbons (Fsp3) is 0.500. The van der Waals surface area contributed by atoms with Crippen molar-refractivity contribution in [1.29, 1.82) is 0 Å². The summed E-state index contributed by atoms with van der Waals surface area (Å²) in [4.78, 5) is 0. The molecule has 1 saturated heterocycles. The molecule has 2 nitrogen and oxygen atoms in total. The van der Waals surface area contributed by atoms with Crippen LogP contribution in [0.4, 0.5) is 0 Å². The Bertz CT molecular complexity index is 330. The van der Waals surface area contributed by atoms with E-state index in [0.29, 0.717) is 5.02 Å². The van der Waals surface area contributed by atoms with Gasteiger partial charge in [0.2, 0.25) is 0 Å². The predicted molar refractivity (Wildman–Crippen MR) is 59.9 cm³/mol. The summed E-state index contributed by atoms with van der Waals surface area (Å²) in [7, 11) is 0. The van der Waals surface area contributed by atoms with Gasteiger partial charge in [-0.3, -0.25) is 0 Å². The number of halogens is 1. The first kappa shape index (κ1) is 10.9. The summed E-state index contributed by atoms with van der Waals surface area (Å²) < 4.78 is 11.4. The van der Waals surface area contributed by atoms with Crippen molar-refractivity contribution in [2.45, 2.75) is 38.8 Å². The number of benzene rings is 1. The van der Waals surface area contributed by atoms with Crippen LogP contribution in [0.3, 0.4) is 0 Å². The van der Waals surface area contributed by atoms with E-state index in [1.807, 2.05) is 24.3 Å². The molecule has 0 spiro atoms. The van der Waals surface area contributed by atoms with Crippen molar-refractivity contribution in [1.82, 2.24) is 0 Å². The Balaban J connectivity index is 2.20. The summed E-state index contributed by atoms with van der Waals surface area (Å²) >= 11 is 6.09. The summed E-state index contributed by atoms with van der Waals surface area (Å²) in [6, 6.07) is 7.64. The number of hydrogen-bond acceptors (Lipinski definition) is 2. The first-order valence-electron chi connectivity index (χ1n) is 5.22. The van der Waals surface area contributed by atoms with Crippen molar-refractivity contribution in [3.63, 3.8) is 0 Å². The molecular weight excluding hydrogens is 212 g/mol. The van der Waals surface area contributed by atoms with E-state index < -0.39 is 0 Å². The molecule has 1 aromatic carbocycles. The van der Waals surface area contributed by atoms with Gasteiger partial charge in [-0.1, -0.05) is 29.8 Å². The summed E-state index contributed by atoms with van der Waals surface area (Å²) in [5, 5.41) is 0.698. The highest BCUT2D eigenvalue weighted by Crippen LogP contribution is 2.33. The van der Waals surface area contributed by atoms with Crippen molar-refractivity contribution in [2.24, 2.45) is 0 Å². The lowest BCUT2D eigenvalue weighted by Gasteiger charge is -2.33. The van der Waals surface area contributed by atoms with Gasteiger partial charge in [-0.2, -0.15) is 0 Å². The van der Waals surface area contributed by atoms with Gasteiger partial charge in [0.05, 0.1) is 12.2 Å². The second kappa shape index (κ2) is 4.52. The lowest BCUT2D eigenvalue weighted by Crippen LogP contribution is -2.30. The molecule has 2 rings (SSSR count). The van der Waals surface area contributed by atoms with Crippen LogP contribution in [0.25, 0.3) is 0 Å². The SMILES string of the molecule is CC1CC(C)OC(c2ccccc2Cl)O1. The van der Waals surface area contributed by atoms with Crippen LogP contribution in [-0.4, -0.2) is 12.2 Å². The summed E-state index contributed by atoms with van der Waals surface area (Å²) in [6.45, 7) is 4.12. The number of hydrogen-bond donors (Lipinski definition) is 0. The summed E-state index contributed by atoms with van der Waals surface area (Å²) in [6.07, 6.45) is 1.04. The molecule has 1 fully saturated rings. The largest absolute Gasteiger partial charge is 0.345 e. The van der Waals surface area contributed by atoms with Gasteiger partial charge < -0.3 is 9.47 Å². The molecular formula is C12H15ClO2. The second-order valence-corrected chi connectivity index (χ2v) is 4.39. The molecule has 1 aliphatic heterocycles. The Labute approximate surface area is 95.1 Å². The lowest BCUT2D eigenvalue weighted by atomic mass is 10.1. The third kappa shape index (κ3) is 2.51. The van der Waals surface area contributed by atoms with Crippen LogP contribution < -0.4 is 0 Å². The second-order valence-electron chi connectivity index (χ2n) is 3.98. The highest BCUT2D eigenvalue weighted by molar-refractivity contribution is 6.31. The van der Waals surface area contributed by atoms with Gasteiger partial charge >= 0.3 is 0 Å². The molecule has 1 aromatic rings. The Morgan fingerprint density at radius 3 is 2.33 bits per heavy atom. The monoisotopic (exact) mass is 226 g/mol. The molecule has 0 saturated carbocycles. The quantitative estimate of drug-likeness (QED) is 0.729. The highest BCUT2D eigenvalue weighted by atomic mass is 35.5. The van der Waals surface area contributed by atoms with Gasteiger partial charge in [-0.05, 0) is 26.3 Å². The minimum atomic E-state index is -0.322. The molecule has 1 heterocycles. The zero-order valence-electron chi connectivity index (χ0n) is 8.94. The van der Waals surface area contributed by atoms with E-state index in [1.54, 1.807) is 0 Å². The van der Waals surface area contributed by atoms with Crippen molar-refractivity contribution < 1.29 is 9.47 Å². The molecule has 2 atom stereocenters. The van der Waals surface area contributed by atoms with Gasteiger partial charge in [-0.25, -0.2) is 0 Å². The average molecular weight is 227 g/mol. The van der Waals surface area contributed by atoms with Crippen LogP contribution in [-0.2, 0) is 9.47 Å². The van der Waals surface area contributed by atoms with Crippen LogP contribution in [0.1, 0.15) is 32.1 Å². The van der Waals surface area contributed by atoms with E-state index in [9.17, 15) is 0 Å². The summed E-state index contributed by atoms with van der Waals surface area (Å²) in [5.41, 5.74) is 0.914. The summed E-state index contributed by atoms with van der Waals surface area (Å²) in [5.74, 6) is 0. The number of ether oxygens (including phenoxy) is 2. The van der Waals surface area contributed by atoms with E-state index in [1.165, 1.54) is 0 Å². The van der Waals surface area contributed by atoms with Crippen molar-refractivity contribution in [3.05, 3.63) is 34.9 Å². The van der Waals surface area contributed by atoms with Gasteiger partial charge in [0.1, 0.15) is 0 Å². The van der Waals surface area contributed by atoms with Crippen LogP contribution in [0, 0.1) is 0 Å². The highest BCUT2D eigenvalue weighted by Gasteiger charge is 2.27. The molecule has 3 heteroatoms. The van der Waals surface area contributed by atoms with Crippen molar-refractivity contribution in [3.8, 4) is 0 Å².